The van der Waals surface area contributed by atoms with Gasteiger partial charge in [-0.1, -0.05) is 302 Å². The number of hydrogen-bond donors (Lipinski definition) is 3. The second-order valence-corrected chi connectivity index (χ2v) is 21.7. The second-order valence-electron chi connectivity index (χ2n) is 21.7. The lowest BCUT2D eigenvalue weighted by Crippen LogP contribution is -2.45. The van der Waals surface area contributed by atoms with Gasteiger partial charge in [0.05, 0.1) is 25.4 Å². The Morgan fingerprint density at radius 2 is 0.681 bits per heavy atom. The van der Waals surface area contributed by atoms with Crippen molar-refractivity contribution >= 4 is 11.9 Å². The lowest BCUT2D eigenvalue weighted by molar-refractivity contribution is -0.143. The molecule has 0 aliphatic heterocycles. The molecule has 0 saturated carbocycles. The average molecular weight is 975 g/mol. The Hall–Kier alpha value is -1.40. The lowest BCUT2D eigenvalue weighted by Gasteiger charge is -2.22. The van der Waals surface area contributed by atoms with E-state index in [4.69, 9.17) is 4.74 Å². The molecule has 410 valence electrons. The van der Waals surface area contributed by atoms with Crippen LogP contribution in [0.25, 0.3) is 0 Å². The van der Waals surface area contributed by atoms with Gasteiger partial charge in [0.1, 0.15) is 0 Å². The molecule has 0 fully saturated rings. The highest BCUT2D eigenvalue weighted by Crippen LogP contribution is 2.18. The third kappa shape index (κ3) is 55.8. The summed E-state index contributed by atoms with van der Waals surface area (Å²) in [5, 5.41) is 23.4. The molecule has 69 heavy (non-hydrogen) atoms. The van der Waals surface area contributed by atoms with E-state index in [9.17, 15) is 19.8 Å². The number of aliphatic hydroxyl groups excluding tert-OH is 2. The summed E-state index contributed by atoms with van der Waals surface area (Å²) in [6.45, 7) is 4.96. The maximum absolute atomic E-state index is 12.5. The molecule has 0 heterocycles. The van der Waals surface area contributed by atoms with Crippen molar-refractivity contribution in [2.45, 2.75) is 366 Å². The summed E-state index contributed by atoms with van der Waals surface area (Å²) >= 11 is 0. The zero-order chi connectivity index (χ0) is 50.0. The molecule has 0 aliphatic carbocycles. The van der Waals surface area contributed by atoms with Crippen LogP contribution < -0.4 is 5.32 Å². The molecule has 2 atom stereocenters. The van der Waals surface area contributed by atoms with E-state index in [-0.39, 0.29) is 18.5 Å². The summed E-state index contributed by atoms with van der Waals surface area (Å²) in [4.78, 5) is 24.5. The van der Waals surface area contributed by atoms with E-state index in [0.717, 1.165) is 51.4 Å². The minimum Gasteiger partial charge on any atom is -0.466 e. The van der Waals surface area contributed by atoms with E-state index in [0.29, 0.717) is 25.9 Å². The highest BCUT2D eigenvalue weighted by Gasteiger charge is 2.20. The first-order valence-corrected chi connectivity index (χ1v) is 31.4. The summed E-state index contributed by atoms with van der Waals surface area (Å²) in [6.07, 6.45) is 70.8. The number of nitrogens with one attached hydrogen (secondary N) is 1. The van der Waals surface area contributed by atoms with E-state index in [1.165, 1.54) is 270 Å². The summed E-state index contributed by atoms with van der Waals surface area (Å²) in [5.41, 5.74) is 0. The number of carbonyl (C=O) groups excluding carboxylic acids is 2. The molecule has 6 nitrogen and oxygen atoms in total. The maximum atomic E-state index is 12.5. The van der Waals surface area contributed by atoms with Gasteiger partial charge in [-0.15, -0.1) is 0 Å². The first-order chi connectivity index (χ1) is 34.0. The van der Waals surface area contributed by atoms with Gasteiger partial charge in [0.25, 0.3) is 0 Å². The van der Waals surface area contributed by atoms with Crippen LogP contribution in [0.4, 0.5) is 0 Å². The quantitative estimate of drug-likeness (QED) is 0.0321. The predicted octanol–water partition coefficient (Wildman–Crippen LogP) is 19.6. The van der Waals surface area contributed by atoms with Crippen LogP contribution in [0.1, 0.15) is 354 Å². The first kappa shape index (κ1) is 67.6. The Morgan fingerprint density at radius 1 is 0.391 bits per heavy atom. The van der Waals surface area contributed by atoms with Gasteiger partial charge in [0, 0.05) is 12.8 Å². The first-order valence-electron chi connectivity index (χ1n) is 31.4. The molecular formula is C63H123NO5. The lowest BCUT2D eigenvalue weighted by atomic mass is 10.0. The van der Waals surface area contributed by atoms with Crippen molar-refractivity contribution in [1.82, 2.24) is 5.32 Å². The highest BCUT2D eigenvalue weighted by molar-refractivity contribution is 5.76. The van der Waals surface area contributed by atoms with Crippen molar-refractivity contribution < 1.29 is 24.5 Å². The molecule has 0 bridgehead atoms. The molecule has 0 radical (unpaired) electrons. The van der Waals surface area contributed by atoms with Gasteiger partial charge in [0.2, 0.25) is 5.91 Å². The van der Waals surface area contributed by atoms with E-state index in [2.05, 4.69) is 31.3 Å². The molecular weight excluding hydrogens is 851 g/mol. The maximum Gasteiger partial charge on any atom is 0.305 e. The van der Waals surface area contributed by atoms with Crippen LogP contribution in [0, 0.1) is 0 Å². The number of aliphatic hydroxyl groups is 2. The summed E-state index contributed by atoms with van der Waals surface area (Å²) < 4.78 is 5.46. The third-order valence-corrected chi connectivity index (χ3v) is 14.8. The Labute approximate surface area is 431 Å². The van der Waals surface area contributed by atoms with Crippen LogP contribution in [0.5, 0.6) is 0 Å². The fourth-order valence-electron chi connectivity index (χ4n) is 9.99. The Bertz CT molecular complexity index is 1030. The molecule has 0 aromatic rings. The van der Waals surface area contributed by atoms with Crippen molar-refractivity contribution in [1.29, 1.82) is 0 Å². The van der Waals surface area contributed by atoms with E-state index < -0.39 is 12.1 Å². The number of rotatable bonds is 59. The highest BCUT2D eigenvalue weighted by atomic mass is 16.5. The van der Waals surface area contributed by atoms with E-state index >= 15 is 0 Å². The van der Waals surface area contributed by atoms with Gasteiger partial charge < -0.3 is 20.3 Å². The average Bonchev–Trinajstić information content (AvgIpc) is 3.35. The number of ether oxygens (including phenoxy) is 1. The largest absolute Gasteiger partial charge is 0.466 e. The minimum absolute atomic E-state index is 0.0000790. The van der Waals surface area contributed by atoms with Gasteiger partial charge in [-0.2, -0.15) is 0 Å². The van der Waals surface area contributed by atoms with Gasteiger partial charge in [-0.05, 0) is 51.4 Å². The van der Waals surface area contributed by atoms with E-state index in [1.807, 2.05) is 0 Å². The second kappa shape index (κ2) is 59.2. The van der Waals surface area contributed by atoms with Crippen LogP contribution in [0.15, 0.2) is 12.2 Å². The third-order valence-electron chi connectivity index (χ3n) is 14.8. The molecule has 0 aromatic carbocycles. The van der Waals surface area contributed by atoms with Crippen LogP contribution in [0.2, 0.25) is 0 Å². The van der Waals surface area contributed by atoms with Crippen molar-refractivity contribution in [3.05, 3.63) is 12.2 Å². The molecule has 0 aliphatic rings. The molecule has 0 saturated heterocycles. The number of allylic oxidation sites excluding steroid dienone is 2. The summed E-state index contributed by atoms with van der Waals surface area (Å²) in [7, 11) is 0. The Morgan fingerprint density at radius 3 is 1.03 bits per heavy atom. The van der Waals surface area contributed by atoms with Crippen LogP contribution in [-0.4, -0.2) is 47.4 Å². The molecule has 3 N–H and O–H groups in total. The fraction of sp³-hybridized carbons (Fsp3) is 0.937. The topological polar surface area (TPSA) is 95.9 Å². The Kier molecular flexibility index (Phi) is 58.0. The number of hydrogen-bond acceptors (Lipinski definition) is 5. The normalized spacial score (nSPS) is 12.6. The van der Waals surface area contributed by atoms with Crippen molar-refractivity contribution in [3.8, 4) is 0 Å². The van der Waals surface area contributed by atoms with Gasteiger partial charge >= 0.3 is 5.97 Å². The monoisotopic (exact) mass is 974 g/mol. The number of amides is 1. The SMILES string of the molecule is CCCCCCCCCCCCCCCCCCCCCCCCCC(O)C(CO)NC(=O)CCCCCCCCC/C=C\CCCCCCCCOC(=O)CCCCCCCCCCCCCC. The molecule has 0 rings (SSSR count). The molecule has 1 amide bonds. The van der Waals surface area contributed by atoms with Gasteiger partial charge in [0.15, 0.2) is 0 Å². The molecule has 0 spiro atoms. The molecule has 6 heteroatoms. The van der Waals surface area contributed by atoms with Gasteiger partial charge in [-0.25, -0.2) is 0 Å². The zero-order valence-corrected chi connectivity index (χ0v) is 46.8. The van der Waals surface area contributed by atoms with Gasteiger partial charge in [-0.3, -0.25) is 9.59 Å². The van der Waals surface area contributed by atoms with Crippen molar-refractivity contribution in [2.24, 2.45) is 0 Å². The van der Waals surface area contributed by atoms with Crippen LogP contribution >= 0.6 is 0 Å². The molecule has 2 unspecified atom stereocenters. The van der Waals surface area contributed by atoms with Crippen molar-refractivity contribution in [2.75, 3.05) is 13.2 Å². The number of esters is 1. The van der Waals surface area contributed by atoms with Crippen molar-refractivity contribution in [3.63, 3.8) is 0 Å². The predicted molar refractivity (Wildman–Crippen MR) is 301 cm³/mol. The Balaban J connectivity index is 3.44. The smallest absolute Gasteiger partial charge is 0.305 e. The van der Waals surface area contributed by atoms with E-state index in [1.54, 1.807) is 0 Å². The minimum atomic E-state index is -0.672. The molecule has 0 aromatic heterocycles. The number of unbranched alkanes of at least 4 members (excludes halogenated alkanes) is 46. The van der Waals surface area contributed by atoms with Crippen LogP contribution in [-0.2, 0) is 14.3 Å². The fourth-order valence-corrected chi connectivity index (χ4v) is 9.99. The van der Waals surface area contributed by atoms with Crippen LogP contribution in [0.3, 0.4) is 0 Å². The standard InChI is InChI=1S/C63H123NO5/c1-3-5-7-9-11-13-15-17-18-19-20-21-22-23-24-26-29-32-35-39-43-47-51-55-61(66)60(59-65)64-62(67)56-52-48-44-40-36-33-30-27-25-28-31-34-38-42-46-50-54-58-69-63(68)57-53-49-45-41-37-16-14-12-10-8-6-4-2/h25,28,60-61,65-66H,3-24,26-27,29-59H2,1-2H3,(H,64,67)/b28-25-. The summed E-state index contributed by atoms with van der Waals surface area (Å²) in [5.74, 6) is -0.0428. The number of carbonyl (C=O) groups is 2. The summed E-state index contributed by atoms with van der Waals surface area (Å²) in [6, 6.07) is -0.551. The zero-order valence-electron chi connectivity index (χ0n) is 46.8.